The lowest BCUT2D eigenvalue weighted by atomic mass is 10.1. The molecule has 0 saturated carbocycles. The zero-order valence-electron chi connectivity index (χ0n) is 19.4. The molecule has 0 N–H and O–H groups in total. The van der Waals surface area contributed by atoms with Crippen molar-refractivity contribution in [2.45, 2.75) is 20.8 Å². The number of ether oxygens (including phenoxy) is 3. The Balaban J connectivity index is 2.01. The van der Waals surface area contributed by atoms with Crippen molar-refractivity contribution in [1.29, 1.82) is 0 Å². The Labute approximate surface area is 193 Å². The quantitative estimate of drug-likeness (QED) is 0.416. The Kier molecular flexibility index (Phi) is 8.30. The first-order valence-electron chi connectivity index (χ1n) is 10.8. The van der Waals surface area contributed by atoms with Gasteiger partial charge in [0.05, 0.1) is 25.5 Å². The van der Waals surface area contributed by atoms with Gasteiger partial charge >= 0.3 is 0 Å². The molecule has 7 nitrogen and oxygen atoms in total. The van der Waals surface area contributed by atoms with Gasteiger partial charge in [-0.3, -0.25) is 9.69 Å². The van der Waals surface area contributed by atoms with Crippen LogP contribution >= 0.6 is 11.3 Å². The van der Waals surface area contributed by atoms with Crippen molar-refractivity contribution in [3.05, 3.63) is 42.0 Å². The van der Waals surface area contributed by atoms with Crippen molar-refractivity contribution in [2.75, 3.05) is 51.9 Å². The Bertz CT molecular complexity index is 1050. The van der Waals surface area contributed by atoms with Crippen LogP contribution in [-0.4, -0.2) is 62.8 Å². The minimum absolute atomic E-state index is 0.130. The summed E-state index contributed by atoms with van der Waals surface area (Å²) in [4.78, 5) is 22.5. The number of hydrogen-bond acceptors (Lipinski definition) is 7. The summed E-state index contributed by atoms with van der Waals surface area (Å²) < 4.78 is 17.5. The molecule has 0 atom stereocenters. The predicted molar refractivity (Wildman–Crippen MR) is 130 cm³/mol. The van der Waals surface area contributed by atoms with Gasteiger partial charge in [-0.2, -0.15) is 0 Å². The third kappa shape index (κ3) is 5.14. The van der Waals surface area contributed by atoms with Crippen LogP contribution in [0.5, 0.6) is 17.2 Å². The van der Waals surface area contributed by atoms with Crippen LogP contribution in [0.2, 0.25) is 0 Å². The van der Waals surface area contributed by atoms with E-state index in [0.29, 0.717) is 35.3 Å². The molecule has 0 bridgehead atoms. The van der Waals surface area contributed by atoms with E-state index in [-0.39, 0.29) is 5.91 Å². The van der Waals surface area contributed by atoms with Crippen molar-refractivity contribution in [1.82, 2.24) is 9.88 Å². The fourth-order valence-electron chi connectivity index (χ4n) is 3.49. The van der Waals surface area contributed by atoms with E-state index in [4.69, 9.17) is 19.2 Å². The van der Waals surface area contributed by atoms with E-state index in [1.165, 1.54) is 11.3 Å². The summed E-state index contributed by atoms with van der Waals surface area (Å²) in [6.07, 6.45) is 0. The summed E-state index contributed by atoms with van der Waals surface area (Å²) in [6.45, 7) is 9.86. The molecule has 172 valence electrons. The Morgan fingerprint density at radius 1 is 0.969 bits per heavy atom. The highest BCUT2D eigenvalue weighted by molar-refractivity contribution is 7.22. The number of likely N-dealkylation sites (N-methyl/N-ethyl adjacent to an activating group) is 1. The molecule has 0 radical (unpaired) electrons. The highest BCUT2D eigenvalue weighted by Gasteiger charge is 2.24. The Hall–Kier alpha value is -2.84. The molecule has 1 amide bonds. The normalized spacial score (nSPS) is 11.1. The molecule has 0 saturated heterocycles. The average Bonchev–Trinajstić information content (AvgIpc) is 3.26. The number of para-hydroxylation sites is 1. The van der Waals surface area contributed by atoms with Crippen LogP contribution in [0, 0.1) is 0 Å². The van der Waals surface area contributed by atoms with Gasteiger partial charge in [0.1, 0.15) is 11.3 Å². The molecule has 1 heterocycles. The molecule has 1 aromatic heterocycles. The second-order valence-corrected chi connectivity index (χ2v) is 8.09. The topological polar surface area (TPSA) is 64.1 Å². The number of nitrogens with zero attached hydrogens (tertiary/aromatic N) is 3. The Morgan fingerprint density at radius 2 is 1.72 bits per heavy atom. The summed E-state index contributed by atoms with van der Waals surface area (Å²) in [5.74, 6) is 1.70. The molecule has 2 aromatic carbocycles. The van der Waals surface area contributed by atoms with Crippen LogP contribution in [0.3, 0.4) is 0 Å². The van der Waals surface area contributed by atoms with Crippen molar-refractivity contribution >= 4 is 32.6 Å². The van der Waals surface area contributed by atoms with E-state index in [0.717, 1.165) is 35.6 Å². The van der Waals surface area contributed by atoms with Crippen molar-refractivity contribution < 1.29 is 19.0 Å². The van der Waals surface area contributed by atoms with Gasteiger partial charge in [-0.25, -0.2) is 4.98 Å². The van der Waals surface area contributed by atoms with E-state index in [2.05, 4.69) is 18.7 Å². The summed E-state index contributed by atoms with van der Waals surface area (Å²) in [7, 11) is 3.14. The maximum absolute atomic E-state index is 13.6. The van der Waals surface area contributed by atoms with E-state index >= 15 is 0 Å². The first-order valence-corrected chi connectivity index (χ1v) is 11.7. The van der Waals surface area contributed by atoms with Gasteiger partial charge in [0.15, 0.2) is 16.6 Å². The molecule has 0 aliphatic carbocycles. The molecule has 0 fully saturated rings. The van der Waals surface area contributed by atoms with Gasteiger partial charge < -0.3 is 19.1 Å². The van der Waals surface area contributed by atoms with E-state index in [1.54, 1.807) is 37.3 Å². The van der Waals surface area contributed by atoms with Crippen LogP contribution in [0.15, 0.2) is 36.4 Å². The third-order valence-corrected chi connectivity index (χ3v) is 6.35. The zero-order valence-corrected chi connectivity index (χ0v) is 20.2. The van der Waals surface area contributed by atoms with Crippen molar-refractivity contribution in [2.24, 2.45) is 0 Å². The molecular formula is C24H31N3O4S. The Morgan fingerprint density at radius 3 is 2.38 bits per heavy atom. The number of amides is 1. The zero-order chi connectivity index (χ0) is 23.1. The lowest BCUT2D eigenvalue weighted by Crippen LogP contribution is -2.38. The molecule has 8 heteroatoms. The molecule has 32 heavy (non-hydrogen) atoms. The highest BCUT2D eigenvalue weighted by atomic mass is 32.1. The van der Waals surface area contributed by atoms with E-state index in [9.17, 15) is 4.79 Å². The second kappa shape index (κ2) is 11.2. The molecule has 0 unspecified atom stereocenters. The van der Waals surface area contributed by atoms with Crippen LogP contribution in [-0.2, 0) is 0 Å². The van der Waals surface area contributed by atoms with Gasteiger partial charge in [-0.1, -0.05) is 31.3 Å². The van der Waals surface area contributed by atoms with Gasteiger partial charge in [0.2, 0.25) is 0 Å². The average molecular weight is 458 g/mol. The van der Waals surface area contributed by atoms with Crippen LogP contribution in [0.25, 0.3) is 10.2 Å². The first kappa shape index (κ1) is 23.8. The largest absolute Gasteiger partial charge is 0.493 e. The summed E-state index contributed by atoms with van der Waals surface area (Å²) in [6, 6.07) is 11.1. The summed E-state index contributed by atoms with van der Waals surface area (Å²) >= 11 is 1.49. The maximum atomic E-state index is 13.6. The smallest absolute Gasteiger partial charge is 0.260 e. The number of fused-ring (bicyclic) bond motifs is 1. The fraction of sp³-hybridized carbons (Fsp3) is 0.417. The van der Waals surface area contributed by atoms with E-state index < -0.39 is 0 Å². The molecular weight excluding hydrogens is 426 g/mol. The summed E-state index contributed by atoms with van der Waals surface area (Å²) in [5, 5.41) is 0.652. The minimum atomic E-state index is -0.130. The van der Waals surface area contributed by atoms with Gasteiger partial charge in [0.25, 0.3) is 5.91 Å². The lowest BCUT2D eigenvalue weighted by Gasteiger charge is -2.25. The fourth-order valence-corrected chi connectivity index (χ4v) is 4.50. The SMILES string of the molecule is CCOc1cccc2sc(N(CCN(CC)CC)C(=O)c3ccc(OC)c(OC)c3)nc12. The third-order valence-electron chi connectivity index (χ3n) is 5.31. The number of benzene rings is 2. The monoisotopic (exact) mass is 457 g/mol. The van der Waals surface area contributed by atoms with Gasteiger partial charge in [-0.05, 0) is 50.3 Å². The van der Waals surface area contributed by atoms with Crippen LogP contribution in [0.4, 0.5) is 5.13 Å². The highest BCUT2D eigenvalue weighted by Crippen LogP contribution is 2.35. The van der Waals surface area contributed by atoms with E-state index in [1.807, 2.05) is 25.1 Å². The molecule has 3 rings (SSSR count). The molecule has 0 spiro atoms. The van der Waals surface area contributed by atoms with Gasteiger partial charge in [-0.15, -0.1) is 0 Å². The molecule has 0 aliphatic rings. The van der Waals surface area contributed by atoms with Crippen LogP contribution in [0.1, 0.15) is 31.1 Å². The van der Waals surface area contributed by atoms with Gasteiger partial charge in [0, 0.05) is 18.7 Å². The predicted octanol–water partition coefficient (Wildman–Crippen LogP) is 4.70. The minimum Gasteiger partial charge on any atom is -0.493 e. The van der Waals surface area contributed by atoms with Crippen LogP contribution < -0.4 is 19.1 Å². The summed E-state index contributed by atoms with van der Waals surface area (Å²) in [5.41, 5.74) is 1.30. The lowest BCUT2D eigenvalue weighted by molar-refractivity contribution is 0.0983. The molecule has 0 aliphatic heterocycles. The number of anilines is 1. The number of carbonyl (C=O) groups excluding carboxylic acids is 1. The van der Waals surface area contributed by atoms with Crippen molar-refractivity contribution in [3.8, 4) is 17.2 Å². The standard InChI is InChI=1S/C24H31N3O4S/c1-6-26(7-2)14-15-27(23(28)17-12-13-18(29-4)20(16-17)30-5)24-25-22-19(31-8-3)10-9-11-21(22)32-24/h9-13,16H,6-8,14-15H2,1-5H3. The molecule has 3 aromatic rings. The number of hydrogen-bond donors (Lipinski definition) is 0. The number of carbonyl (C=O) groups is 1. The number of rotatable bonds is 11. The number of methoxy groups -OCH3 is 2. The van der Waals surface area contributed by atoms with Crippen molar-refractivity contribution in [3.63, 3.8) is 0 Å². The first-order chi connectivity index (χ1) is 15.6. The number of aromatic nitrogens is 1. The number of thiazole rings is 1. The maximum Gasteiger partial charge on any atom is 0.260 e. The second-order valence-electron chi connectivity index (χ2n) is 7.09.